The molecule has 1 N–H and O–H groups in total. The first kappa shape index (κ1) is 12.5. The summed E-state index contributed by atoms with van der Waals surface area (Å²) in [5.74, 6) is -0.812. The Hall–Kier alpha value is -1.91. The second-order valence-electron chi connectivity index (χ2n) is 4.86. The lowest BCUT2D eigenvalue weighted by Crippen LogP contribution is -2.53. The summed E-state index contributed by atoms with van der Waals surface area (Å²) in [7, 11) is 0. The molecule has 1 fully saturated rings. The van der Waals surface area contributed by atoms with Gasteiger partial charge in [-0.3, -0.25) is 9.59 Å². The summed E-state index contributed by atoms with van der Waals surface area (Å²) in [4.78, 5) is 25.3. The molecule has 4 nitrogen and oxygen atoms in total. The van der Waals surface area contributed by atoms with Crippen molar-refractivity contribution in [2.75, 3.05) is 11.4 Å². The van der Waals surface area contributed by atoms with Gasteiger partial charge in [0, 0.05) is 18.7 Å². The standard InChI is InChI=1S/C13H15FN2O2/c1-13(2)12(18)16(7-6-11(17)15-13)10-5-3-4-9(14)8-10/h3-5,8H,6-7H2,1-2H3,(H,15,17). The summed E-state index contributed by atoms with van der Waals surface area (Å²) < 4.78 is 13.2. The van der Waals surface area contributed by atoms with Crippen LogP contribution in [0.15, 0.2) is 24.3 Å². The molecule has 18 heavy (non-hydrogen) atoms. The average Bonchev–Trinajstić information content (AvgIpc) is 2.37. The molecule has 0 bridgehead atoms. The molecule has 1 saturated heterocycles. The highest BCUT2D eigenvalue weighted by Gasteiger charge is 2.37. The molecule has 0 aromatic heterocycles. The maximum absolute atomic E-state index is 13.2. The van der Waals surface area contributed by atoms with E-state index in [1.54, 1.807) is 26.0 Å². The smallest absolute Gasteiger partial charge is 0.252 e. The van der Waals surface area contributed by atoms with Gasteiger partial charge in [-0.05, 0) is 32.0 Å². The van der Waals surface area contributed by atoms with Gasteiger partial charge < -0.3 is 10.2 Å². The van der Waals surface area contributed by atoms with Gasteiger partial charge >= 0.3 is 0 Å². The van der Waals surface area contributed by atoms with Crippen molar-refractivity contribution in [1.29, 1.82) is 0 Å². The second kappa shape index (κ2) is 4.40. The van der Waals surface area contributed by atoms with E-state index in [1.165, 1.54) is 17.0 Å². The summed E-state index contributed by atoms with van der Waals surface area (Å²) >= 11 is 0. The molecule has 0 atom stereocenters. The van der Waals surface area contributed by atoms with Gasteiger partial charge in [0.15, 0.2) is 0 Å². The number of nitrogens with one attached hydrogen (secondary N) is 1. The molecule has 96 valence electrons. The summed E-state index contributed by atoms with van der Waals surface area (Å²) in [5, 5.41) is 2.66. The van der Waals surface area contributed by atoms with Crippen LogP contribution < -0.4 is 10.2 Å². The summed E-state index contributed by atoms with van der Waals surface area (Å²) in [5.41, 5.74) is -0.496. The molecular weight excluding hydrogens is 235 g/mol. The highest BCUT2D eigenvalue weighted by Crippen LogP contribution is 2.22. The van der Waals surface area contributed by atoms with E-state index in [4.69, 9.17) is 0 Å². The average molecular weight is 250 g/mol. The predicted molar refractivity (Wildman–Crippen MR) is 65.6 cm³/mol. The zero-order chi connectivity index (χ0) is 13.3. The Balaban J connectivity index is 2.37. The molecule has 1 heterocycles. The van der Waals surface area contributed by atoms with Crippen LogP contribution >= 0.6 is 0 Å². The van der Waals surface area contributed by atoms with Crippen molar-refractivity contribution in [3.8, 4) is 0 Å². The minimum Gasteiger partial charge on any atom is -0.342 e. The zero-order valence-electron chi connectivity index (χ0n) is 10.4. The topological polar surface area (TPSA) is 49.4 Å². The van der Waals surface area contributed by atoms with Gasteiger partial charge in [-0.15, -0.1) is 0 Å². The quantitative estimate of drug-likeness (QED) is 0.820. The number of hydrogen-bond donors (Lipinski definition) is 1. The minimum absolute atomic E-state index is 0.174. The number of rotatable bonds is 1. The van der Waals surface area contributed by atoms with Crippen molar-refractivity contribution < 1.29 is 14.0 Å². The van der Waals surface area contributed by atoms with E-state index < -0.39 is 11.4 Å². The van der Waals surface area contributed by atoms with Gasteiger partial charge in [0.05, 0.1) is 0 Å². The zero-order valence-corrected chi connectivity index (χ0v) is 10.4. The highest BCUT2D eigenvalue weighted by molar-refractivity contribution is 6.03. The summed E-state index contributed by atoms with van der Waals surface area (Å²) in [6.45, 7) is 3.55. The van der Waals surface area contributed by atoms with E-state index in [1.807, 2.05) is 0 Å². The molecule has 0 saturated carbocycles. The molecule has 1 aromatic carbocycles. The van der Waals surface area contributed by atoms with E-state index in [9.17, 15) is 14.0 Å². The van der Waals surface area contributed by atoms with E-state index in [-0.39, 0.29) is 24.8 Å². The Morgan fingerprint density at radius 3 is 2.72 bits per heavy atom. The Bertz CT molecular complexity index is 500. The predicted octanol–water partition coefficient (Wildman–Crippen LogP) is 1.46. The third kappa shape index (κ3) is 2.34. The molecule has 2 rings (SSSR count). The molecule has 1 aliphatic heterocycles. The van der Waals surface area contributed by atoms with Crippen molar-refractivity contribution in [3.05, 3.63) is 30.1 Å². The van der Waals surface area contributed by atoms with Crippen molar-refractivity contribution >= 4 is 17.5 Å². The van der Waals surface area contributed by atoms with Crippen LogP contribution in [0.4, 0.5) is 10.1 Å². The molecule has 0 unspecified atom stereocenters. The molecule has 0 radical (unpaired) electrons. The number of nitrogens with zero attached hydrogens (tertiary/aromatic N) is 1. The fourth-order valence-electron chi connectivity index (χ4n) is 2.01. The van der Waals surface area contributed by atoms with Crippen molar-refractivity contribution in [3.63, 3.8) is 0 Å². The number of carbonyl (C=O) groups excluding carboxylic acids is 2. The van der Waals surface area contributed by atoms with Crippen LogP contribution in [0.2, 0.25) is 0 Å². The lowest BCUT2D eigenvalue weighted by Gasteiger charge is -2.28. The largest absolute Gasteiger partial charge is 0.342 e. The second-order valence-corrected chi connectivity index (χ2v) is 4.86. The Labute approximate surface area is 105 Å². The van der Waals surface area contributed by atoms with Gasteiger partial charge in [-0.2, -0.15) is 0 Å². The van der Waals surface area contributed by atoms with Gasteiger partial charge in [0.2, 0.25) is 5.91 Å². The van der Waals surface area contributed by atoms with E-state index in [0.29, 0.717) is 5.69 Å². The number of halogens is 1. The number of carbonyl (C=O) groups is 2. The normalized spacial score (nSPS) is 19.4. The summed E-state index contributed by atoms with van der Waals surface area (Å²) in [6.07, 6.45) is 0.214. The van der Waals surface area contributed by atoms with Crippen LogP contribution in [-0.2, 0) is 9.59 Å². The number of benzene rings is 1. The van der Waals surface area contributed by atoms with Gasteiger partial charge in [-0.1, -0.05) is 6.07 Å². The lowest BCUT2D eigenvalue weighted by atomic mass is 10.0. The fourth-order valence-corrected chi connectivity index (χ4v) is 2.01. The van der Waals surface area contributed by atoms with Crippen molar-refractivity contribution in [1.82, 2.24) is 5.32 Å². The van der Waals surface area contributed by atoms with Crippen LogP contribution in [0.5, 0.6) is 0 Å². The molecule has 1 aromatic rings. The first-order valence-corrected chi connectivity index (χ1v) is 5.79. The molecule has 5 heteroatoms. The molecular formula is C13H15FN2O2. The van der Waals surface area contributed by atoms with E-state index in [0.717, 1.165) is 0 Å². The van der Waals surface area contributed by atoms with Gasteiger partial charge in [0.1, 0.15) is 11.4 Å². The third-order valence-corrected chi connectivity index (χ3v) is 2.91. The SMILES string of the molecule is CC1(C)NC(=O)CCN(c2cccc(F)c2)C1=O. The Morgan fingerprint density at radius 1 is 1.33 bits per heavy atom. The maximum atomic E-state index is 13.2. The number of amides is 2. The van der Waals surface area contributed by atoms with Crippen molar-refractivity contribution in [2.24, 2.45) is 0 Å². The third-order valence-electron chi connectivity index (χ3n) is 2.91. The number of hydrogen-bond acceptors (Lipinski definition) is 2. The van der Waals surface area contributed by atoms with Crippen LogP contribution in [-0.4, -0.2) is 23.9 Å². The molecule has 2 amide bonds. The molecule has 0 aliphatic carbocycles. The van der Waals surface area contributed by atoms with E-state index in [2.05, 4.69) is 5.32 Å². The van der Waals surface area contributed by atoms with Crippen LogP contribution in [0.1, 0.15) is 20.3 Å². The van der Waals surface area contributed by atoms with Crippen molar-refractivity contribution in [2.45, 2.75) is 25.8 Å². The first-order valence-electron chi connectivity index (χ1n) is 5.79. The minimum atomic E-state index is -0.972. The Morgan fingerprint density at radius 2 is 2.06 bits per heavy atom. The molecule has 1 aliphatic rings. The molecule has 0 spiro atoms. The van der Waals surface area contributed by atoms with Gasteiger partial charge in [0.25, 0.3) is 5.91 Å². The Kier molecular flexibility index (Phi) is 3.07. The maximum Gasteiger partial charge on any atom is 0.252 e. The van der Waals surface area contributed by atoms with E-state index >= 15 is 0 Å². The lowest BCUT2D eigenvalue weighted by molar-refractivity contribution is -0.128. The van der Waals surface area contributed by atoms with Gasteiger partial charge in [-0.25, -0.2) is 4.39 Å². The highest BCUT2D eigenvalue weighted by atomic mass is 19.1. The fraction of sp³-hybridized carbons (Fsp3) is 0.385. The van der Waals surface area contributed by atoms with Crippen LogP contribution in [0.3, 0.4) is 0 Å². The summed E-state index contributed by atoms with van der Waals surface area (Å²) in [6, 6.07) is 5.82. The monoisotopic (exact) mass is 250 g/mol. The number of anilines is 1. The van der Waals surface area contributed by atoms with Crippen LogP contribution in [0, 0.1) is 5.82 Å². The first-order chi connectivity index (χ1) is 8.40. The van der Waals surface area contributed by atoms with Crippen LogP contribution in [0.25, 0.3) is 0 Å².